The minimum atomic E-state index is -0.719. The van der Waals surface area contributed by atoms with Crippen molar-refractivity contribution in [3.05, 3.63) is 34.6 Å². The highest BCUT2D eigenvalue weighted by Gasteiger charge is 2.29. The molecule has 1 aliphatic rings. The van der Waals surface area contributed by atoms with Crippen LogP contribution in [0, 0.1) is 5.82 Å². The Kier molecular flexibility index (Phi) is 4.41. The number of hydrogen-bond donors (Lipinski definition) is 2. The maximum absolute atomic E-state index is 13.7. The van der Waals surface area contributed by atoms with Crippen LogP contribution in [0.5, 0.6) is 0 Å². The molecule has 108 valence electrons. The summed E-state index contributed by atoms with van der Waals surface area (Å²) in [5, 5.41) is 11.5. The van der Waals surface area contributed by atoms with Crippen LogP contribution in [0.2, 0.25) is 5.02 Å². The van der Waals surface area contributed by atoms with Crippen LogP contribution in [0.15, 0.2) is 23.4 Å². The Morgan fingerprint density at radius 1 is 1.60 bits per heavy atom. The van der Waals surface area contributed by atoms with Crippen molar-refractivity contribution in [3.63, 3.8) is 0 Å². The zero-order valence-corrected chi connectivity index (χ0v) is 11.2. The molecule has 1 aromatic rings. The van der Waals surface area contributed by atoms with Gasteiger partial charge in [0.1, 0.15) is 11.9 Å². The first kappa shape index (κ1) is 14.5. The van der Waals surface area contributed by atoms with Crippen LogP contribution in [-0.2, 0) is 4.74 Å². The van der Waals surface area contributed by atoms with Gasteiger partial charge in [-0.05, 0) is 12.1 Å². The number of benzene rings is 1. The third-order valence-corrected chi connectivity index (χ3v) is 3.29. The molecule has 3 N–H and O–H groups in total. The molecule has 1 atom stereocenters. The summed E-state index contributed by atoms with van der Waals surface area (Å²) in [6.45, 7) is 0.552. The minimum Gasteiger partial charge on any atom is -0.409 e. The van der Waals surface area contributed by atoms with Crippen LogP contribution in [0.1, 0.15) is 10.4 Å². The van der Waals surface area contributed by atoms with Gasteiger partial charge in [0.05, 0.1) is 23.7 Å². The quantitative estimate of drug-likeness (QED) is 0.370. The summed E-state index contributed by atoms with van der Waals surface area (Å²) in [6.07, 6.45) is -0.719. The van der Waals surface area contributed by atoms with Crippen LogP contribution in [0.4, 0.5) is 4.39 Å². The zero-order chi connectivity index (χ0) is 14.7. The fraction of sp³-hybridized carbons (Fsp3) is 0.333. The van der Waals surface area contributed by atoms with E-state index in [0.717, 1.165) is 0 Å². The van der Waals surface area contributed by atoms with Crippen molar-refractivity contribution in [2.24, 2.45) is 10.9 Å². The maximum atomic E-state index is 13.7. The topological polar surface area (TPSA) is 88.2 Å². The highest BCUT2D eigenvalue weighted by Crippen LogP contribution is 2.22. The fourth-order valence-electron chi connectivity index (χ4n) is 1.94. The number of rotatable bonds is 2. The average molecular weight is 302 g/mol. The lowest BCUT2D eigenvalue weighted by atomic mass is 10.1. The van der Waals surface area contributed by atoms with Crippen molar-refractivity contribution in [3.8, 4) is 0 Å². The van der Waals surface area contributed by atoms with E-state index < -0.39 is 17.8 Å². The monoisotopic (exact) mass is 301 g/mol. The fourth-order valence-corrected chi connectivity index (χ4v) is 2.18. The smallest absolute Gasteiger partial charge is 0.258 e. The second-order valence-corrected chi connectivity index (χ2v) is 4.64. The van der Waals surface area contributed by atoms with Gasteiger partial charge in [-0.25, -0.2) is 4.39 Å². The Bertz CT molecular complexity index is 532. The van der Waals surface area contributed by atoms with Gasteiger partial charge in [-0.15, -0.1) is 0 Å². The molecule has 1 saturated heterocycles. The molecule has 0 aliphatic carbocycles. The van der Waals surface area contributed by atoms with Gasteiger partial charge in [0.15, 0.2) is 5.84 Å². The summed E-state index contributed by atoms with van der Waals surface area (Å²) in [4.78, 5) is 13.7. The number of morpholine rings is 1. The number of amidine groups is 1. The molecule has 6 nitrogen and oxygen atoms in total. The zero-order valence-electron chi connectivity index (χ0n) is 10.4. The SMILES string of the molecule is NC(=NO)C1CN(C(=O)c2c(F)cccc2Cl)CCO1. The standard InChI is InChI=1S/C12H13ClFN3O3/c13-7-2-1-3-8(14)10(7)12(18)17-4-5-20-9(6-17)11(15)16-19/h1-3,9,19H,4-6H2,(H2,15,16). The van der Waals surface area contributed by atoms with Gasteiger partial charge in [-0.2, -0.15) is 0 Å². The second-order valence-electron chi connectivity index (χ2n) is 4.23. The van der Waals surface area contributed by atoms with E-state index in [9.17, 15) is 9.18 Å². The van der Waals surface area contributed by atoms with Gasteiger partial charge in [-0.3, -0.25) is 4.79 Å². The van der Waals surface area contributed by atoms with Gasteiger partial charge in [0, 0.05) is 6.54 Å². The Morgan fingerprint density at radius 3 is 3.00 bits per heavy atom. The Hall–Kier alpha value is -1.86. The molecule has 1 aliphatic heterocycles. The third kappa shape index (κ3) is 2.83. The summed E-state index contributed by atoms with van der Waals surface area (Å²) in [6, 6.07) is 4.03. The van der Waals surface area contributed by atoms with Crippen LogP contribution >= 0.6 is 11.6 Å². The first-order chi connectivity index (χ1) is 9.54. The van der Waals surface area contributed by atoms with Crippen molar-refractivity contribution in [1.82, 2.24) is 4.90 Å². The largest absolute Gasteiger partial charge is 0.409 e. The highest BCUT2D eigenvalue weighted by atomic mass is 35.5. The number of hydrogen-bond acceptors (Lipinski definition) is 4. The molecule has 0 aromatic heterocycles. The maximum Gasteiger partial charge on any atom is 0.258 e. The number of nitrogens with two attached hydrogens (primary N) is 1. The lowest BCUT2D eigenvalue weighted by Crippen LogP contribution is -2.50. The Labute approximate surface area is 119 Å². The van der Waals surface area contributed by atoms with Gasteiger partial charge >= 0.3 is 0 Å². The van der Waals surface area contributed by atoms with E-state index in [1.54, 1.807) is 0 Å². The van der Waals surface area contributed by atoms with Gasteiger partial charge in [0.25, 0.3) is 5.91 Å². The first-order valence-electron chi connectivity index (χ1n) is 5.87. The van der Waals surface area contributed by atoms with Crippen LogP contribution < -0.4 is 5.73 Å². The van der Waals surface area contributed by atoms with Crippen LogP contribution in [0.25, 0.3) is 0 Å². The Morgan fingerprint density at radius 2 is 2.35 bits per heavy atom. The molecule has 0 spiro atoms. The lowest BCUT2D eigenvalue weighted by molar-refractivity contribution is 0.00655. The van der Waals surface area contributed by atoms with Crippen molar-refractivity contribution < 1.29 is 19.1 Å². The first-order valence-corrected chi connectivity index (χ1v) is 6.24. The summed E-state index contributed by atoms with van der Waals surface area (Å²) in [5.41, 5.74) is 5.26. The number of halogens is 2. The molecule has 1 heterocycles. The number of carbonyl (C=O) groups is 1. The molecule has 2 rings (SSSR count). The van der Waals surface area contributed by atoms with Gasteiger partial charge in [-0.1, -0.05) is 22.8 Å². The average Bonchev–Trinajstić information content (AvgIpc) is 2.46. The molecule has 1 unspecified atom stereocenters. The molecule has 1 aromatic carbocycles. The normalized spacial score (nSPS) is 20.0. The highest BCUT2D eigenvalue weighted by molar-refractivity contribution is 6.33. The van der Waals surface area contributed by atoms with E-state index in [1.807, 2.05) is 0 Å². The van der Waals surface area contributed by atoms with E-state index >= 15 is 0 Å². The number of ether oxygens (including phenoxy) is 1. The molecule has 20 heavy (non-hydrogen) atoms. The summed E-state index contributed by atoms with van der Waals surface area (Å²) in [7, 11) is 0. The molecular formula is C12H13ClFN3O3. The number of carbonyl (C=O) groups excluding carboxylic acids is 1. The molecule has 1 fully saturated rings. The molecule has 0 radical (unpaired) electrons. The Balaban J connectivity index is 2.21. The van der Waals surface area contributed by atoms with Crippen LogP contribution in [0.3, 0.4) is 0 Å². The number of amides is 1. The molecular weight excluding hydrogens is 289 g/mol. The van der Waals surface area contributed by atoms with Crippen LogP contribution in [-0.4, -0.2) is 47.7 Å². The van der Waals surface area contributed by atoms with E-state index in [1.165, 1.54) is 23.1 Å². The molecule has 8 heteroatoms. The predicted octanol–water partition coefficient (Wildman–Crippen LogP) is 1.07. The number of nitrogens with zero attached hydrogens (tertiary/aromatic N) is 2. The van der Waals surface area contributed by atoms with Gasteiger partial charge in [0.2, 0.25) is 0 Å². The molecule has 0 bridgehead atoms. The summed E-state index contributed by atoms with van der Waals surface area (Å²) < 4.78 is 19.0. The number of oxime groups is 1. The van der Waals surface area contributed by atoms with Crippen molar-refractivity contribution in [1.29, 1.82) is 0 Å². The second kappa shape index (κ2) is 6.06. The van der Waals surface area contributed by atoms with Crippen molar-refractivity contribution in [2.45, 2.75) is 6.10 Å². The van der Waals surface area contributed by atoms with Crippen molar-refractivity contribution >= 4 is 23.3 Å². The third-order valence-electron chi connectivity index (χ3n) is 2.98. The predicted molar refractivity (Wildman–Crippen MR) is 70.5 cm³/mol. The summed E-state index contributed by atoms with van der Waals surface area (Å²) in [5.74, 6) is -1.37. The van der Waals surface area contributed by atoms with E-state index in [2.05, 4.69) is 5.16 Å². The van der Waals surface area contributed by atoms with E-state index in [-0.39, 0.29) is 36.1 Å². The van der Waals surface area contributed by atoms with Gasteiger partial charge < -0.3 is 20.6 Å². The molecule has 1 amide bonds. The minimum absolute atomic E-state index is 0.0434. The molecule has 0 saturated carbocycles. The van der Waals surface area contributed by atoms with Crippen molar-refractivity contribution in [2.75, 3.05) is 19.7 Å². The van der Waals surface area contributed by atoms with E-state index in [4.69, 9.17) is 27.3 Å². The summed E-state index contributed by atoms with van der Waals surface area (Å²) >= 11 is 5.86. The lowest BCUT2D eigenvalue weighted by Gasteiger charge is -2.32. The van der Waals surface area contributed by atoms with E-state index in [0.29, 0.717) is 0 Å².